The first kappa shape index (κ1) is 37.3. The van der Waals surface area contributed by atoms with Crippen molar-refractivity contribution in [2.75, 3.05) is 26.4 Å². The lowest BCUT2D eigenvalue weighted by molar-refractivity contribution is -0.234. The van der Waals surface area contributed by atoms with E-state index < -0.39 is 144 Å². The van der Waals surface area contributed by atoms with Crippen molar-refractivity contribution in [2.45, 2.75) is 79.0 Å². The first-order valence-corrected chi connectivity index (χ1v) is 15.7. The van der Waals surface area contributed by atoms with Crippen molar-refractivity contribution >= 4 is 11.0 Å². The second-order valence-electron chi connectivity index (χ2n) is 12.7. The molecule has 19 nitrogen and oxygen atoms in total. The van der Waals surface area contributed by atoms with Crippen LogP contribution in [0.4, 0.5) is 0 Å². The molecule has 19 heteroatoms. The lowest BCUT2D eigenvalue weighted by Gasteiger charge is -2.43. The van der Waals surface area contributed by atoms with Gasteiger partial charge < -0.3 is 89.7 Å². The molecule has 280 valence electrons. The van der Waals surface area contributed by atoms with Gasteiger partial charge in [-0.2, -0.15) is 0 Å². The summed E-state index contributed by atoms with van der Waals surface area (Å²) in [6, 6.07) is 6.21. The summed E-state index contributed by atoms with van der Waals surface area (Å²) in [6.07, 6.45) is -23.3. The quantitative estimate of drug-likeness (QED) is 0.104. The number of hydrogen-bond acceptors (Lipinski definition) is 19. The number of benzene rings is 2. The van der Waals surface area contributed by atoms with Gasteiger partial charge in [-0.15, -0.1) is 0 Å². The highest BCUT2D eigenvalue weighted by atomic mass is 16.7. The SMILES string of the molecule is O=c1cc(-c2ccc(O)cc2)oc2c(C3OC(CO)C(O)C(O)C3O)c(OC3OCC(O)(CO)C3O)c(C3OC(CO)C(O)C(O)C3O)c(O)c12. The number of phenols is 2. The van der Waals surface area contributed by atoms with E-state index in [-0.39, 0.29) is 17.1 Å². The van der Waals surface area contributed by atoms with E-state index in [9.17, 15) is 71.2 Å². The number of fused-ring (bicyclic) bond motifs is 1. The van der Waals surface area contributed by atoms with Gasteiger partial charge in [0.05, 0.1) is 37.6 Å². The number of rotatable bonds is 8. The fourth-order valence-electron chi connectivity index (χ4n) is 6.51. The Balaban J connectivity index is 1.71. The first-order valence-electron chi connectivity index (χ1n) is 15.7. The number of aliphatic hydroxyl groups excluding tert-OH is 10. The summed E-state index contributed by atoms with van der Waals surface area (Å²) in [5.41, 5.74) is -5.01. The Morgan fingerprint density at radius 3 is 1.82 bits per heavy atom. The van der Waals surface area contributed by atoms with E-state index in [4.69, 9.17) is 23.4 Å². The highest BCUT2D eigenvalue weighted by Gasteiger charge is 2.53. The molecule has 51 heavy (non-hydrogen) atoms. The monoisotopic (exact) mass is 726 g/mol. The number of ether oxygens (including phenoxy) is 4. The Bertz CT molecular complexity index is 1780. The van der Waals surface area contributed by atoms with Gasteiger partial charge in [-0.1, -0.05) is 0 Å². The maximum Gasteiger partial charge on any atom is 0.229 e. The van der Waals surface area contributed by atoms with Crippen LogP contribution in [0, 0.1) is 0 Å². The molecule has 0 bridgehead atoms. The topological polar surface area (TPSA) is 330 Å². The highest BCUT2D eigenvalue weighted by Crippen LogP contribution is 2.52. The number of aromatic hydroxyl groups is 2. The number of phenolic OH excluding ortho intramolecular Hbond substituents is 2. The van der Waals surface area contributed by atoms with Crippen molar-refractivity contribution in [3.8, 4) is 28.6 Å². The summed E-state index contributed by atoms with van der Waals surface area (Å²) >= 11 is 0. The molecule has 3 aliphatic heterocycles. The van der Waals surface area contributed by atoms with E-state index in [0.29, 0.717) is 0 Å². The predicted octanol–water partition coefficient (Wildman–Crippen LogP) is -4.28. The minimum atomic E-state index is -2.30. The molecule has 0 radical (unpaired) electrons. The van der Waals surface area contributed by atoms with Crippen LogP contribution in [0.3, 0.4) is 0 Å². The maximum atomic E-state index is 13.9. The summed E-state index contributed by atoms with van der Waals surface area (Å²) in [6.45, 7) is -3.59. The molecule has 0 saturated carbocycles. The van der Waals surface area contributed by atoms with Crippen LogP contribution in [-0.2, 0) is 14.2 Å². The minimum absolute atomic E-state index is 0.139. The number of aliphatic hydroxyl groups is 11. The van der Waals surface area contributed by atoms with Gasteiger partial charge in [0.1, 0.15) is 101 Å². The van der Waals surface area contributed by atoms with Crippen LogP contribution in [0.2, 0.25) is 0 Å². The van der Waals surface area contributed by atoms with Crippen LogP contribution < -0.4 is 10.2 Å². The maximum absolute atomic E-state index is 13.9. The van der Waals surface area contributed by atoms with Crippen LogP contribution in [0.25, 0.3) is 22.3 Å². The third-order valence-electron chi connectivity index (χ3n) is 9.49. The third-order valence-corrected chi connectivity index (χ3v) is 9.49. The predicted molar refractivity (Wildman–Crippen MR) is 165 cm³/mol. The Labute approximate surface area is 286 Å². The molecule has 3 aromatic rings. The van der Waals surface area contributed by atoms with E-state index in [1.54, 1.807) is 0 Å². The highest BCUT2D eigenvalue weighted by molar-refractivity contribution is 5.92. The van der Waals surface area contributed by atoms with Gasteiger partial charge >= 0.3 is 0 Å². The molecule has 1 aromatic heterocycles. The molecule has 13 atom stereocenters. The lowest BCUT2D eigenvalue weighted by atomic mass is 9.85. The Kier molecular flexibility index (Phi) is 10.3. The Morgan fingerprint density at radius 2 is 1.31 bits per heavy atom. The Hall–Kier alpha value is -3.51. The van der Waals surface area contributed by atoms with E-state index in [2.05, 4.69) is 0 Å². The van der Waals surface area contributed by atoms with Gasteiger partial charge in [0.15, 0.2) is 11.0 Å². The van der Waals surface area contributed by atoms with Gasteiger partial charge in [-0.05, 0) is 24.3 Å². The smallest absolute Gasteiger partial charge is 0.229 e. The van der Waals surface area contributed by atoms with E-state index in [0.717, 1.165) is 6.07 Å². The van der Waals surface area contributed by atoms with Gasteiger partial charge in [0.25, 0.3) is 0 Å². The molecule has 0 aliphatic carbocycles. The molecule has 2 aromatic carbocycles. The van der Waals surface area contributed by atoms with Gasteiger partial charge in [-0.3, -0.25) is 4.79 Å². The third kappa shape index (κ3) is 6.23. The second-order valence-corrected chi connectivity index (χ2v) is 12.7. The van der Waals surface area contributed by atoms with Crippen LogP contribution in [0.1, 0.15) is 23.3 Å². The van der Waals surface area contributed by atoms with Crippen molar-refractivity contribution in [3.63, 3.8) is 0 Å². The summed E-state index contributed by atoms with van der Waals surface area (Å²) in [4.78, 5) is 13.9. The average Bonchev–Trinajstić information content (AvgIpc) is 3.40. The molecule has 3 fully saturated rings. The largest absolute Gasteiger partial charge is 0.508 e. The van der Waals surface area contributed by atoms with Gasteiger partial charge in [-0.25, -0.2) is 0 Å². The van der Waals surface area contributed by atoms with Crippen LogP contribution in [-0.4, -0.2) is 160 Å². The lowest BCUT2D eigenvalue weighted by Crippen LogP contribution is -2.56. The first-order chi connectivity index (χ1) is 24.2. The van der Waals surface area contributed by atoms with Crippen molar-refractivity contribution in [2.24, 2.45) is 0 Å². The summed E-state index contributed by atoms with van der Waals surface area (Å²) in [5, 5.41) is 137. The zero-order valence-corrected chi connectivity index (χ0v) is 26.4. The molecular formula is C32H38O19. The van der Waals surface area contributed by atoms with Crippen LogP contribution in [0.5, 0.6) is 17.2 Å². The van der Waals surface area contributed by atoms with Crippen molar-refractivity contribution < 1.29 is 89.7 Å². The molecule has 3 saturated heterocycles. The Morgan fingerprint density at radius 1 is 0.765 bits per heavy atom. The van der Waals surface area contributed by atoms with E-state index in [1.807, 2.05) is 0 Å². The fourth-order valence-corrected chi connectivity index (χ4v) is 6.51. The van der Waals surface area contributed by atoms with Gasteiger partial charge in [0, 0.05) is 11.6 Å². The normalized spacial score (nSPS) is 37.2. The number of hydrogen-bond donors (Lipinski definition) is 13. The average molecular weight is 727 g/mol. The van der Waals surface area contributed by atoms with E-state index >= 15 is 0 Å². The van der Waals surface area contributed by atoms with Gasteiger partial charge in [0.2, 0.25) is 6.29 Å². The minimum Gasteiger partial charge on any atom is -0.508 e. The van der Waals surface area contributed by atoms with Crippen molar-refractivity contribution in [3.05, 3.63) is 51.7 Å². The molecule has 0 spiro atoms. The molecular weight excluding hydrogens is 688 g/mol. The van der Waals surface area contributed by atoms with Crippen LogP contribution >= 0.6 is 0 Å². The second kappa shape index (κ2) is 14.1. The zero-order valence-electron chi connectivity index (χ0n) is 26.4. The molecule has 13 N–H and O–H groups in total. The van der Waals surface area contributed by atoms with E-state index in [1.165, 1.54) is 24.3 Å². The zero-order chi connectivity index (χ0) is 37.1. The van der Waals surface area contributed by atoms with Crippen molar-refractivity contribution in [1.82, 2.24) is 0 Å². The molecule has 4 heterocycles. The molecule has 0 amide bonds. The summed E-state index contributed by atoms with van der Waals surface area (Å²) < 4.78 is 29.0. The summed E-state index contributed by atoms with van der Waals surface area (Å²) in [5.74, 6) is -2.17. The van der Waals surface area contributed by atoms with Crippen LogP contribution in [0.15, 0.2) is 39.5 Å². The summed E-state index contributed by atoms with van der Waals surface area (Å²) in [7, 11) is 0. The van der Waals surface area contributed by atoms with Crippen molar-refractivity contribution in [1.29, 1.82) is 0 Å². The molecule has 6 rings (SSSR count). The molecule has 13 unspecified atom stereocenters. The standard InChI is InChI=1S/C32H38O19/c33-6-14-19(38)22(41)24(43)28(49-14)17-21(40)16-12(37)5-13(10-1-3-11(36)4-2-10)48-26(16)18(29-25(44)23(42)20(39)15(7-34)50-29)27(17)51-31-30(45)32(46,8-35)9-47-31/h1-5,14-15,19-20,22-25,28-31,33-36,38-46H,6-9H2. The molecule has 3 aliphatic rings. The fraction of sp³-hybridized carbons (Fsp3) is 0.531.